The highest BCUT2D eigenvalue weighted by Gasteiger charge is 2.45. The van der Waals surface area contributed by atoms with Crippen molar-refractivity contribution >= 4 is 106 Å². The number of hydrogen-bond donors (Lipinski definition) is 14. The van der Waals surface area contributed by atoms with Crippen LogP contribution in [-0.4, -0.2) is 200 Å². The average Bonchev–Trinajstić information content (AvgIpc) is 1.63. The Bertz CT molecular complexity index is 3340. The number of carbonyl (C=O) groups is 13. The van der Waals surface area contributed by atoms with Crippen LogP contribution < -0.4 is 59.7 Å². The van der Waals surface area contributed by atoms with Crippen molar-refractivity contribution in [3.05, 3.63) is 107 Å². The highest BCUT2D eigenvalue weighted by molar-refractivity contribution is 7.98. The highest BCUT2D eigenvalue weighted by atomic mass is 32.2. The largest absolute Gasteiger partial charge is 0.481 e. The van der Waals surface area contributed by atoms with E-state index in [2.05, 4.69) is 47.5 Å². The molecule has 98 heavy (non-hydrogen) atoms. The molecule has 3 aromatic carbocycles. The molecule has 3 aliphatic heterocycles. The number of unbranched alkanes of at least 4 members (excludes halogenated alkanes) is 2. The van der Waals surface area contributed by atoms with Gasteiger partial charge in [0, 0.05) is 74.0 Å². The van der Waals surface area contributed by atoms with Gasteiger partial charge in [-0.1, -0.05) is 86.5 Å². The SMILES string of the molecule is CCCCCC(=O)N[C@H]1CSCc2cccc(c2)CSC[C@@H](C(=O)N[C@@H](CC(=O)O)C(=O)NCc2ccc(C(=O)N[C@@H](CCCN=C(N)N)C(N)=O)cc2)NC(=O)[C@H](Cc2ccccc2)NC(=O)[C@H](CCC(=O)O)NC(=O)[C@H]([C@@H](C)O)NC(=O)[C@@H]2CCCN2C(=O)[C@@H]2CCCN2C1=O. The molecule has 11 amide bonds. The summed E-state index contributed by atoms with van der Waals surface area (Å²) < 4.78 is 0. The Labute approximate surface area is 576 Å². The molecule has 17 N–H and O–H groups in total. The first-order valence-corrected chi connectivity index (χ1v) is 35.0. The summed E-state index contributed by atoms with van der Waals surface area (Å²) in [6.07, 6.45) is 0.0228. The lowest BCUT2D eigenvalue weighted by Crippen LogP contribution is -2.62. The maximum Gasteiger partial charge on any atom is 0.305 e. The van der Waals surface area contributed by atoms with Crippen LogP contribution >= 0.6 is 23.5 Å². The van der Waals surface area contributed by atoms with Gasteiger partial charge in [0.15, 0.2) is 5.96 Å². The van der Waals surface area contributed by atoms with Crippen LogP contribution in [0.3, 0.4) is 0 Å². The lowest BCUT2D eigenvalue weighted by molar-refractivity contribution is -0.148. The summed E-state index contributed by atoms with van der Waals surface area (Å²) in [5, 5.41) is 51.7. The number of fused-ring (bicyclic) bond motifs is 4. The summed E-state index contributed by atoms with van der Waals surface area (Å²) in [6, 6.07) is 8.79. The van der Waals surface area contributed by atoms with E-state index in [1.807, 2.05) is 25.1 Å². The van der Waals surface area contributed by atoms with Crippen molar-refractivity contribution in [2.24, 2.45) is 22.2 Å². The molecule has 6 rings (SSSR count). The molecule has 532 valence electrons. The first-order chi connectivity index (χ1) is 46.8. The van der Waals surface area contributed by atoms with Crippen LogP contribution in [0.25, 0.3) is 0 Å². The second-order valence-electron chi connectivity index (χ2n) is 24.3. The number of benzene rings is 3. The molecule has 2 saturated heterocycles. The van der Waals surface area contributed by atoms with Crippen LogP contribution in [0.4, 0.5) is 0 Å². The van der Waals surface area contributed by atoms with Gasteiger partial charge in [-0.15, -0.1) is 0 Å². The molecule has 3 aromatic rings. The van der Waals surface area contributed by atoms with E-state index in [9.17, 15) is 77.6 Å². The zero-order valence-electron chi connectivity index (χ0n) is 54.9. The first kappa shape index (κ1) is 77.7. The molecule has 2 bridgehead atoms. The van der Waals surface area contributed by atoms with Crippen LogP contribution in [0.5, 0.6) is 0 Å². The van der Waals surface area contributed by atoms with Gasteiger partial charge < -0.3 is 84.9 Å². The molecule has 0 unspecified atom stereocenters. The number of rotatable bonds is 25. The van der Waals surface area contributed by atoms with E-state index < -0.39 is 151 Å². The number of thioether (sulfide) groups is 2. The van der Waals surface area contributed by atoms with Crippen LogP contribution in [0.2, 0.25) is 0 Å². The third kappa shape index (κ3) is 24.7. The van der Waals surface area contributed by atoms with E-state index in [1.165, 1.54) is 52.8 Å². The van der Waals surface area contributed by atoms with Crippen molar-refractivity contribution in [2.45, 2.75) is 182 Å². The maximum atomic E-state index is 14.9. The number of carboxylic acid groups (broad SMARTS) is 2. The summed E-state index contributed by atoms with van der Waals surface area (Å²) in [6.45, 7) is 3.47. The van der Waals surface area contributed by atoms with E-state index in [0.29, 0.717) is 42.6 Å². The smallest absolute Gasteiger partial charge is 0.305 e. The number of guanidine groups is 1. The Morgan fingerprint density at radius 2 is 1.32 bits per heavy atom. The Morgan fingerprint density at radius 1 is 0.673 bits per heavy atom. The maximum absolute atomic E-state index is 14.9. The Hall–Kier alpha value is -9.30. The molecule has 10 atom stereocenters. The first-order valence-electron chi connectivity index (χ1n) is 32.7. The monoisotopic (exact) mass is 1400 g/mol. The van der Waals surface area contributed by atoms with Gasteiger partial charge in [-0.3, -0.25) is 67.3 Å². The van der Waals surface area contributed by atoms with E-state index in [4.69, 9.17) is 17.2 Å². The quantitative estimate of drug-likeness (QED) is 0.0290. The van der Waals surface area contributed by atoms with Crippen LogP contribution in [-0.2, 0) is 82.0 Å². The van der Waals surface area contributed by atoms with Crippen LogP contribution in [0.1, 0.15) is 130 Å². The van der Waals surface area contributed by atoms with Gasteiger partial charge in [0.25, 0.3) is 5.91 Å². The molecule has 3 heterocycles. The van der Waals surface area contributed by atoms with Gasteiger partial charge in [-0.2, -0.15) is 23.5 Å². The fraction of sp³-hybridized carbons (Fsp3) is 0.515. The fourth-order valence-corrected chi connectivity index (χ4v) is 13.4. The summed E-state index contributed by atoms with van der Waals surface area (Å²) in [5.41, 5.74) is 18.9. The predicted molar refractivity (Wildman–Crippen MR) is 364 cm³/mol. The van der Waals surface area contributed by atoms with Gasteiger partial charge in [0.1, 0.15) is 54.4 Å². The molecule has 0 saturated carbocycles. The predicted octanol–water partition coefficient (Wildman–Crippen LogP) is -0.446. The Balaban J connectivity index is 1.31. The van der Waals surface area contributed by atoms with Gasteiger partial charge in [-0.25, -0.2) is 0 Å². The second kappa shape index (κ2) is 39.2. The Morgan fingerprint density at radius 3 is 1.95 bits per heavy atom. The lowest BCUT2D eigenvalue weighted by Gasteiger charge is -2.33. The summed E-state index contributed by atoms with van der Waals surface area (Å²) in [5.74, 6) is -11.3. The number of aliphatic carboxylic acids is 2. The van der Waals surface area contributed by atoms with E-state index in [1.54, 1.807) is 36.4 Å². The molecule has 32 heteroatoms. The highest BCUT2D eigenvalue weighted by Crippen LogP contribution is 2.28. The van der Waals surface area contributed by atoms with E-state index >= 15 is 0 Å². The number of hydrogen-bond acceptors (Lipinski definition) is 17. The molecular formula is C66H90N14O16S2. The average molecular weight is 1400 g/mol. The van der Waals surface area contributed by atoms with Crippen molar-refractivity contribution in [3.8, 4) is 0 Å². The number of aliphatic imine (C=N–C) groups is 1. The summed E-state index contributed by atoms with van der Waals surface area (Å²) >= 11 is 2.53. The number of nitrogens with two attached hydrogens (primary N) is 3. The summed E-state index contributed by atoms with van der Waals surface area (Å²) in [7, 11) is 0. The molecule has 3 aliphatic rings. The van der Waals surface area contributed by atoms with Crippen molar-refractivity contribution in [1.82, 2.24) is 52.3 Å². The van der Waals surface area contributed by atoms with Gasteiger partial charge >= 0.3 is 11.9 Å². The second-order valence-corrected chi connectivity index (χ2v) is 26.4. The number of aliphatic hydroxyl groups excluding tert-OH is 1. The Kier molecular flexibility index (Phi) is 31.1. The number of aliphatic hydroxyl groups is 1. The van der Waals surface area contributed by atoms with Crippen molar-refractivity contribution in [2.75, 3.05) is 31.1 Å². The molecule has 0 spiro atoms. The van der Waals surface area contributed by atoms with Crippen molar-refractivity contribution in [1.29, 1.82) is 0 Å². The standard InChI is InChI=1S/C66H90N14O16S2/c1-3-4-6-20-52(82)72-49-37-98-35-42-16-9-15-41(30-42)34-97-36-48(61(92)76-47(32-54(85)86)58(89)71-33-40-21-23-43(24-22-40)57(88)73-44(56(67)87)17-10-27-70-66(68)69)77-60(91)46(31-39-13-7-5-8-14-39)75-59(90)45(25-26-53(83)84)74-63(94)55(38(2)81)78-62(93)50-18-11-28-79(50)65(96)51-19-12-29-80(51)64(49)95/h5,7-9,13-16,21-24,30,38,44-51,55,81H,3-4,6,10-12,17-20,25-29,31-37H2,1-2H3,(H2,67,87)(H,71,89)(H,72,82)(H,73,88)(H,74,94)(H,75,90)(H,76,92)(H,77,91)(H,78,93)(H,83,84)(H,85,86)(H4,68,69,70)/t38-,44+,45+,46+,47+,48+,49+,50+,51+,55+/m1/s1. The third-order valence-electron chi connectivity index (χ3n) is 16.6. The molecule has 2 fully saturated rings. The summed E-state index contributed by atoms with van der Waals surface area (Å²) in [4.78, 5) is 186. The molecule has 30 nitrogen and oxygen atoms in total. The molecule has 0 radical (unpaired) electrons. The molecular weight excluding hydrogens is 1310 g/mol. The number of amides is 11. The molecule has 0 aromatic heterocycles. The zero-order chi connectivity index (χ0) is 71.4. The number of primary amides is 1. The van der Waals surface area contributed by atoms with Crippen LogP contribution in [0.15, 0.2) is 83.9 Å². The minimum atomic E-state index is -1.79. The number of carboxylic acids is 2. The normalized spacial score (nSPS) is 21.7. The number of nitrogens with one attached hydrogen (secondary N) is 8. The van der Waals surface area contributed by atoms with Gasteiger partial charge in [0.2, 0.25) is 59.1 Å². The minimum absolute atomic E-state index is 0.118. The van der Waals surface area contributed by atoms with E-state index in [-0.39, 0.29) is 93.0 Å². The van der Waals surface area contributed by atoms with Gasteiger partial charge in [0.05, 0.1) is 12.5 Å². The minimum Gasteiger partial charge on any atom is -0.481 e. The van der Waals surface area contributed by atoms with Crippen molar-refractivity contribution in [3.63, 3.8) is 0 Å². The van der Waals surface area contributed by atoms with Crippen molar-refractivity contribution < 1.29 is 77.6 Å². The van der Waals surface area contributed by atoms with E-state index in [0.717, 1.165) is 35.7 Å². The number of nitrogens with zero attached hydrogens (tertiary/aromatic N) is 3. The van der Waals surface area contributed by atoms with Gasteiger partial charge in [-0.05, 0) is 92.7 Å². The zero-order valence-corrected chi connectivity index (χ0v) is 56.5. The lowest BCUT2D eigenvalue weighted by atomic mass is 10.0. The molecule has 0 aliphatic carbocycles. The van der Waals surface area contributed by atoms with Crippen LogP contribution in [0, 0.1) is 0 Å². The number of carbonyl (C=O) groups excluding carboxylic acids is 11. The topological polar surface area (TPSA) is 476 Å². The fourth-order valence-electron chi connectivity index (χ4n) is 11.4. The third-order valence-corrected chi connectivity index (χ3v) is 18.8.